The van der Waals surface area contributed by atoms with E-state index in [1.54, 1.807) is 36.4 Å². The lowest BCUT2D eigenvalue weighted by atomic mass is 10.0. The molecule has 0 N–H and O–H groups in total. The normalized spacial score (nSPS) is 10.4. The minimum atomic E-state index is -0.489. The Bertz CT molecular complexity index is 898. The van der Waals surface area contributed by atoms with E-state index in [-0.39, 0.29) is 21.3 Å². The third kappa shape index (κ3) is 3.20. The van der Waals surface area contributed by atoms with Crippen molar-refractivity contribution in [1.29, 1.82) is 0 Å². The average Bonchev–Trinajstić information content (AvgIpc) is 2.58. The molecular formula is C18H11Cl2NO3. The highest BCUT2D eigenvalue weighted by atomic mass is 35.5. The Morgan fingerprint density at radius 3 is 2.25 bits per heavy atom. The Labute approximate surface area is 148 Å². The van der Waals surface area contributed by atoms with E-state index in [9.17, 15) is 10.1 Å². The molecule has 0 heterocycles. The first-order valence-corrected chi connectivity index (χ1v) is 7.78. The number of nitro groups is 1. The second-order valence-corrected chi connectivity index (χ2v) is 5.71. The first-order chi connectivity index (χ1) is 11.6. The van der Waals surface area contributed by atoms with Crippen LogP contribution in [0.1, 0.15) is 0 Å². The van der Waals surface area contributed by atoms with Gasteiger partial charge in [0.25, 0.3) is 5.69 Å². The summed E-state index contributed by atoms with van der Waals surface area (Å²) >= 11 is 12.3. The Morgan fingerprint density at radius 1 is 0.875 bits per heavy atom. The van der Waals surface area contributed by atoms with Gasteiger partial charge in [-0.25, -0.2) is 0 Å². The molecule has 3 aromatic rings. The van der Waals surface area contributed by atoms with E-state index < -0.39 is 4.92 Å². The van der Waals surface area contributed by atoms with Crippen LogP contribution in [0, 0.1) is 10.1 Å². The van der Waals surface area contributed by atoms with Crippen LogP contribution < -0.4 is 4.74 Å². The summed E-state index contributed by atoms with van der Waals surface area (Å²) < 4.78 is 5.87. The van der Waals surface area contributed by atoms with Crippen molar-refractivity contribution in [3.05, 3.63) is 86.9 Å². The van der Waals surface area contributed by atoms with Crippen LogP contribution in [0.5, 0.6) is 11.5 Å². The fourth-order valence-electron chi connectivity index (χ4n) is 2.33. The second kappa shape index (κ2) is 6.91. The zero-order valence-electron chi connectivity index (χ0n) is 12.3. The Hall–Kier alpha value is -2.56. The monoisotopic (exact) mass is 359 g/mol. The summed E-state index contributed by atoms with van der Waals surface area (Å²) in [7, 11) is 0. The first kappa shape index (κ1) is 16.3. The maximum absolute atomic E-state index is 11.4. The molecule has 6 heteroatoms. The van der Waals surface area contributed by atoms with Crippen LogP contribution in [0.15, 0.2) is 66.7 Å². The van der Waals surface area contributed by atoms with Gasteiger partial charge >= 0.3 is 0 Å². The first-order valence-electron chi connectivity index (χ1n) is 7.02. The third-order valence-corrected chi connectivity index (χ3v) is 4.20. The fourth-order valence-corrected chi connectivity index (χ4v) is 2.75. The molecule has 0 aromatic heterocycles. The average molecular weight is 360 g/mol. The molecule has 0 atom stereocenters. The summed E-state index contributed by atoms with van der Waals surface area (Å²) in [5.41, 5.74) is 0.606. The van der Waals surface area contributed by atoms with E-state index in [1.807, 2.05) is 18.2 Å². The van der Waals surface area contributed by atoms with Gasteiger partial charge in [-0.05, 0) is 24.3 Å². The molecule has 0 aliphatic heterocycles. The van der Waals surface area contributed by atoms with E-state index in [0.717, 1.165) is 0 Å². The van der Waals surface area contributed by atoms with Gasteiger partial charge in [-0.2, -0.15) is 0 Å². The molecule has 3 aromatic carbocycles. The molecule has 0 unspecified atom stereocenters. The maximum atomic E-state index is 11.4. The van der Waals surface area contributed by atoms with Crippen LogP contribution in [-0.4, -0.2) is 4.92 Å². The van der Waals surface area contributed by atoms with Crippen molar-refractivity contribution in [3.63, 3.8) is 0 Å². The molecule has 0 bridgehead atoms. The minimum absolute atomic E-state index is 0.120. The van der Waals surface area contributed by atoms with Crippen LogP contribution in [0.2, 0.25) is 10.0 Å². The molecule has 0 fully saturated rings. The number of hydrogen-bond donors (Lipinski definition) is 0. The van der Waals surface area contributed by atoms with Crippen LogP contribution >= 0.6 is 23.2 Å². The highest BCUT2D eigenvalue weighted by Gasteiger charge is 2.23. The summed E-state index contributed by atoms with van der Waals surface area (Å²) in [5, 5.41) is 11.8. The summed E-state index contributed by atoms with van der Waals surface area (Å²) in [6.07, 6.45) is 0. The largest absolute Gasteiger partial charge is 0.457 e. The number of nitro benzene ring substituents is 1. The number of nitrogens with zero attached hydrogens (tertiary/aromatic N) is 1. The molecule has 0 radical (unpaired) electrons. The van der Waals surface area contributed by atoms with E-state index in [4.69, 9.17) is 27.9 Å². The third-order valence-electron chi connectivity index (χ3n) is 3.40. The number of halogens is 2. The number of para-hydroxylation sites is 2. The Balaban J connectivity index is 2.18. The van der Waals surface area contributed by atoms with Gasteiger partial charge in [-0.3, -0.25) is 10.1 Å². The van der Waals surface area contributed by atoms with Crippen molar-refractivity contribution in [3.8, 4) is 22.6 Å². The smallest absolute Gasteiger partial charge is 0.278 e. The van der Waals surface area contributed by atoms with Crippen molar-refractivity contribution in [2.75, 3.05) is 0 Å². The molecule has 120 valence electrons. The molecule has 0 saturated heterocycles. The summed E-state index contributed by atoms with van der Waals surface area (Å²) in [6, 6.07) is 18.9. The summed E-state index contributed by atoms with van der Waals surface area (Å²) in [6.45, 7) is 0. The lowest BCUT2D eigenvalue weighted by Gasteiger charge is -2.13. The highest BCUT2D eigenvalue weighted by Crippen LogP contribution is 2.44. The van der Waals surface area contributed by atoms with Gasteiger partial charge in [0.2, 0.25) is 0 Å². The van der Waals surface area contributed by atoms with Gasteiger partial charge in [0, 0.05) is 11.6 Å². The zero-order chi connectivity index (χ0) is 17.1. The van der Waals surface area contributed by atoms with Gasteiger partial charge in [-0.1, -0.05) is 59.6 Å². The SMILES string of the molecule is O=[N+]([O-])c1ccc(Cl)c(Cl)c1-c1ccccc1Oc1ccccc1. The van der Waals surface area contributed by atoms with Crippen LogP contribution in [0.3, 0.4) is 0 Å². The van der Waals surface area contributed by atoms with E-state index in [2.05, 4.69) is 0 Å². The number of rotatable bonds is 4. The summed E-state index contributed by atoms with van der Waals surface area (Å²) in [4.78, 5) is 10.9. The van der Waals surface area contributed by atoms with Crippen molar-refractivity contribution < 1.29 is 9.66 Å². The molecule has 4 nitrogen and oxygen atoms in total. The predicted molar refractivity (Wildman–Crippen MR) is 95.1 cm³/mol. The number of benzene rings is 3. The van der Waals surface area contributed by atoms with Crippen LogP contribution in [0.4, 0.5) is 5.69 Å². The molecule has 24 heavy (non-hydrogen) atoms. The van der Waals surface area contributed by atoms with Crippen molar-refractivity contribution >= 4 is 28.9 Å². The molecule has 0 aliphatic rings. The minimum Gasteiger partial charge on any atom is -0.457 e. The maximum Gasteiger partial charge on any atom is 0.278 e. The van der Waals surface area contributed by atoms with Crippen molar-refractivity contribution in [1.82, 2.24) is 0 Å². The molecule has 3 rings (SSSR count). The van der Waals surface area contributed by atoms with Crippen LogP contribution in [-0.2, 0) is 0 Å². The molecular weight excluding hydrogens is 349 g/mol. The fraction of sp³-hybridized carbons (Fsp3) is 0. The molecule has 0 spiro atoms. The van der Waals surface area contributed by atoms with Gasteiger partial charge < -0.3 is 4.74 Å². The standard InChI is InChI=1S/C18H11Cl2NO3/c19-14-10-11-15(21(22)23)17(18(14)20)13-8-4-5-9-16(13)24-12-6-2-1-3-7-12/h1-11H. The zero-order valence-corrected chi connectivity index (χ0v) is 13.8. The topological polar surface area (TPSA) is 52.4 Å². The van der Waals surface area contributed by atoms with Gasteiger partial charge in [0.1, 0.15) is 11.5 Å². The Kier molecular flexibility index (Phi) is 4.69. The molecule has 0 amide bonds. The second-order valence-electron chi connectivity index (χ2n) is 4.92. The summed E-state index contributed by atoms with van der Waals surface area (Å²) in [5.74, 6) is 1.07. The lowest BCUT2D eigenvalue weighted by Crippen LogP contribution is -1.95. The van der Waals surface area contributed by atoms with E-state index >= 15 is 0 Å². The van der Waals surface area contributed by atoms with Crippen molar-refractivity contribution in [2.45, 2.75) is 0 Å². The quantitative estimate of drug-likeness (QED) is 0.402. The van der Waals surface area contributed by atoms with Gasteiger partial charge in [0.05, 0.1) is 20.5 Å². The van der Waals surface area contributed by atoms with Crippen molar-refractivity contribution in [2.24, 2.45) is 0 Å². The molecule has 0 aliphatic carbocycles. The lowest BCUT2D eigenvalue weighted by molar-refractivity contribution is -0.384. The Morgan fingerprint density at radius 2 is 1.54 bits per heavy atom. The number of hydrogen-bond acceptors (Lipinski definition) is 3. The van der Waals surface area contributed by atoms with E-state index in [0.29, 0.717) is 17.1 Å². The highest BCUT2D eigenvalue weighted by molar-refractivity contribution is 6.44. The van der Waals surface area contributed by atoms with Gasteiger partial charge in [0.15, 0.2) is 0 Å². The van der Waals surface area contributed by atoms with E-state index in [1.165, 1.54) is 12.1 Å². The number of ether oxygens (including phenoxy) is 1. The molecule has 0 saturated carbocycles. The van der Waals surface area contributed by atoms with Crippen LogP contribution in [0.25, 0.3) is 11.1 Å². The van der Waals surface area contributed by atoms with Gasteiger partial charge in [-0.15, -0.1) is 0 Å². The predicted octanol–water partition coefficient (Wildman–Crippen LogP) is 6.36.